The molecule has 0 aromatic carbocycles. The van der Waals surface area contributed by atoms with Crippen LogP contribution in [0.4, 0.5) is 0 Å². The summed E-state index contributed by atoms with van der Waals surface area (Å²) in [6.07, 6.45) is 8.75. The average Bonchev–Trinajstić information content (AvgIpc) is 3.35. The highest BCUT2D eigenvalue weighted by atomic mass is 16.4. The van der Waals surface area contributed by atoms with Gasteiger partial charge in [-0.05, 0) is 43.6 Å². The van der Waals surface area contributed by atoms with Crippen LogP contribution in [0.1, 0.15) is 65.9 Å². The molecule has 26 heavy (non-hydrogen) atoms. The van der Waals surface area contributed by atoms with Crippen molar-refractivity contribution in [2.45, 2.75) is 50.6 Å². The second-order valence-electron chi connectivity index (χ2n) is 7.85. The van der Waals surface area contributed by atoms with Crippen LogP contribution in [-0.2, 0) is 11.3 Å². The maximum absolute atomic E-state index is 12.2. The SMILES string of the molecule is O=C(O)c1ccoc1CNC(=O)C1CC(n2cc(C3CC34CC4)nn2)C1. The molecule has 8 heteroatoms. The molecule has 0 radical (unpaired) electrons. The highest BCUT2D eigenvalue weighted by Crippen LogP contribution is 2.74. The van der Waals surface area contributed by atoms with Crippen molar-refractivity contribution in [2.75, 3.05) is 0 Å². The van der Waals surface area contributed by atoms with Gasteiger partial charge in [-0.15, -0.1) is 5.10 Å². The van der Waals surface area contributed by atoms with E-state index in [-0.39, 0.29) is 35.7 Å². The summed E-state index contributed by atoms with van der Waals surface area (Å²) in [5, 5.41) is 20.4. The van der Waals surface area contributed by atoms with Gasteiger partial charge in [0.25, 0.3) is 0 Å². The summed E-state index contributed by atoms with van der Waals surface area (Å²) in [5.74, 6) is -0.342. The van der Waals surface area contributed by atoms with Crippen LogP contribution < -0.4 is 5.32 Å². The lowest BCUT2D eigenvalue weighted by Gasteiger charge is -2.33. The summed E-state index contributed by atoms with van der Waals surface area (Å²) in [6.45, 7) is 0.0892. The Hall–Kier alpha value is -2.64. The number of rotatable bonds is 6. The molecule has 136 valence electrons. The first-order chi connectivity index (χ1) is 12.6. The summed E-state index contributed by atoms with van der Waals surface area (Å²) in [4.78, 5) is 23.3. The molecule has 8 nitrogen and oxygen atoms in total. The maximum atomic E-state index is 12.2. The van der Waals surface area contributed by atoms with Gasteiger partial charge >= 0.3 is 5.97 Å². The van der Waals surface area contributed by atoms with Gasteiger partial charge in [0.2, 0.25) is 5.91 Å². The first-order valence-electron chi connectivity index (χ1n) is 9.05. The number of hydrogen-bond acceptors (Lipinski definition) is 5. The van der Waals surface area contributed by atoms with Crippen molar-refractivity contribution in [3.05, 3.63) is 35.5 Å². The molecule has 5 rings (SSSR count). The number of hydrogen-bond donors (Lipinski definition) is 2. The average molecular weight is 356 g/mol. The number of aromatic nitrogens is 3. The quantitative estimate of drug-likeness (QED) is 0.820. The Morgan fingerprint density at radius 2 is 2.19 bits per heavy atom. The van der Waals surface area contributed by atoms with E-state index >= 15 is 0 Å². The summed E-state index contributed by atoms with van der Waals surface area (Å²) in [5.41, 5.74) is 1.76. The van der Waals surface area contributed by atoms with E-state index in [0.29, 0.717) is 11.3 Å². The lowest BCUT2D eigenvalue weighted by atomic mass is 9.79. The highest BCUT2D eigenvalue weighted by molar-refractivity contribution is 5.88. The number of furan rings is 1. The lowest BCUT2D eigenvalue weighted by Crippen LogP contribution is -2.39. The fraction of sp³-hybridized carbons (Fsp3) is 0.556. The fourth-order valence-electron chi connectivity index (χ4n) is 4.11. The predicted octanol–water partition coefficient (Wildman–Crippen LogP) is 2.10. The first kappa shape index (κ1) is 15.6. The second kappa shape index (κ2) is 5.43. The molecule has 0 aliphatic heterocycles. The first-order valence-corrected chi connectivity index (χ1v) is 9.05. The summed E-state index contributed by atoms with van der Waals surface area (Å²) < 4.78 is 7.04. The standard InChI is InChI=1S/C18H20N4O4/c23-16(19-8-15-12(17(24)25)1-4-26-15)10-5-11(6-10)22-9-14(20-21-22)13-7-18(13)2-3-18/h1,4,9-11,13H,2-3,5-8H2,(H,19,23)(H,24,25). The summed E-state index contributed by atoms with van der Waals surface area (Å²) >= 11 is 0. The van der Waals surface area contributed by atoms with Gasteiger partial charge in [-0.1, -0.05) is 5.21 Å². The van der Waals surface area contributed by atoms with E-state index in [2.05, 4.69) is 21.8 Å². The minimum absolute atomic E-state index is 0.0755. The zero-order valence-electron chi connectivity index (χ0n) is 14.2. The normalized spacial score (nSPS) is 27.8. The van der Waals surface area contributed by atoms with E-state index in [1.165, 1.54) is 31.6 Å². The number of carboxylic acid groups (broad SMARTS) is 1. The molecule has 1 amide bonds. The Labute approximate surface area is 149 Å². The van der Waals surface area contributed by atoms with Gasteiger partial charge in [-0.2, -0.15) is 0 Å². The molecule has 3 aliphatic carbocycles. The van der Waals surface area contributed by atoms with Crippen molar-refractivity contribution in [2.24, 2.45) is 11.3 Å². The van der Waals surface area contributed by atoms with Gasteiger partial charge in [-0.25, -0.2) is 9.48 Å². The van der Waals surface area contributed by atoms with Crippen LogP contribution in [0.5, 0.6) is 0 Å². The van der Waals surface area contributed by atoms with Gasteiger partial charge in [0.1, 0.15) is 11.3 Å². The molecule has 3 aliphatic rings. The van der Waals surface area contributed by atoms with Gasteiger partial charge in [0.05, 0.1) is 24.5 Å². The third kappa shape index (κ3) is 2.51. The van der Waals surface area contributed by atoms with E-state index < -0.39 is 5.97 Å². The van der Waals surface area contributed by atoms with E-state index in [9.17, 15) is 9.59 Å². The molecule has 2 aromatic rings. The van der Waals surface area contributed by atoms with E-state index in [0.717, 1.165) is 18.5 Å². The minimum atomic E-state index is -1.06. The number of aromatic carboxylic acids is 1. The van der Waals surface area contributed by atoms with E-state index in [4.69, 9.17) is 9.52 Å². The molecule has 3 fully saturated rings. The molecule has 0 bridgehead atoms. The van der Waals surface area contributed by atoms with Crippen LogP contribution in [-0.4, -0.2) is 32.0 Å². The number of carbonyl (C=O) groups is 2. The van der Waals surface area contributed by atoms with Crippen LogP contribution >= 0.6 is 0 Å². The molecular weight excluding hydrogens is 336 g/mol. The number of nitrogens with zero attached hydrogens (tertiary/aromatic N) is 3. The molecule has 1 atom stereocenters. The van der Waals surface area contributed by atoms with Gasteiger partial charge in [0.15, 0.2) is 0 Å². The van der Waals surface area contributed by atoms with Gasteiger partial charge < -0.3 is 14.8 Å². The Bertz CT molecular complexity index is 875. The topological polar surface area (TPSA) is 110 Å². The molecule has 2 heterocycles. The number of amides is 1. The number of carboxylic acids is 1. The third-order valence-corrected chi connectivity index (χ3v) is 6.22. The monoisotopic (exact) mass is 356 g/mol. The molecule has 3 saturated carbocycles. The lowest BCUT2D eigenvalue weighted by molar-refractivity contribution is -0.129. The van der Waals surface area contributed by atoms with Crippen molar-refractivity contribution in [1.29, 1.82) is 0 Å². The van der Waals surface area contributed by atoms with Crippen molar-refractivity contribution >= 4 is 11.9 Å². The zero-order chi connectivity index (χ0) is 17.9. The predicted molar refractivity (Wildman–Crippen MR) is 88.3 cm³/mol. The largest absolute Gasteiger partial charge is 0.478 e. The van der Waals surface area contributed by atoms with Crippen LogP contribution in [0.2, 0.25) is 0 Å². The Morgan fingerprint density at radius 3 is 2.88 bits per heavy atom. The smallest absolute Gasteiger partial charge is 0.339 e. The van der Waals surface area contributed by atoms with Crippen molar-refractivity contribution in [3.8, 4) is 0 Å². The van der Waals surface area contributed by atoms with Crippen LogP contribution in [0, 0.1) is 11.3 Å². The molecule has 1 unspecified atom stereocenters. The minimum Gasteiger partial charge on any atom is -0.478 e. The molecule has 2 aromatic heterocycles. The number of nitrogens with one attached hydrogen (secondary N) is 1. The highest BCUT2D eigenvalue weighted by Gasteiger charge is 2.64. The second-order valence-corrected chi connectivity index (χ2v) is 7.85. The van der Waals surface area contributed by atoms with Crippen molar-refractivity contribution in [1.82, 2.24) is 20.3 Å². The molecular formula is C18H20N4O4. The van der Waals surface area contributed by atoms with E-state index in [1.807, 2.05) is 4.68 Å². The van der Waals surface area contributed by atoms with Crippen LogP contribution in [0.15, 0.2) is 22.9 Å². The third-order valence-electron chi connectivity index (χ3n) is 6.22. The summed E-state index contributed by atoms with van der Waals surface area (Å²) in [6, 6.07) is 1.61. The molecule has 2 N–H and O–H groups in total. The van der Waals surface area contributed by atoms with Gasteiger partial charge in [-0.3, -0.25) is 4.79 Å². The Kier molecular flexibility index (Phi) is 3.26. The van der Waals surface area contributed by atoms with Crippen molar-refractivity contribution < 1.29 is 19.1 Å². The van der Waals surface area contributed by atoms with Gasteiger partial charge in [0, 0.05) is 18.0 Å². The number of carbonyl (C=O) groups excluding carboxylic acids is 1. The van der Waals surface area contributed by atoms with Crippen molar-refractivity contribution in [3.63, 3.8) is 0 Å². The van der Waals surface area contributed by atoms with Crippen LogP contribution in [0.3, 0.4) is 0 Å². The maximum Gasteiger partial charge on any atom is 0.339 e. The fourth-order valence-corrected chi connectivity index (χ4v) is 4.11. The molecule has 1 spiro atoms. The zero-order valence-corrected chi connectivity index (χ0v) is 14.2. The Morgan fingerprint density at radius 1 is 1.38 bits per heavy atom. The molecule has 0 saturated heterocycles. The Balaban J connectivity index is 1.12. The van der Waals surface area contributed by atoms with E-state index in [1.54, 1.807) is 0 Å². The van der Waals surface area contributed by atoms with Crippen LogP contribution in [0.25, 0.3) is 0 Å². The summed E-state index contributed by atoms with van der Waals surface area (Å²) in [7, 11) is 0.